The molecule has 214 valence electrons. The lowest BCUT2D eigenvalue weighted by Gasteiger charge is -2.61. The van der Waals surface area contributed by atoms with E-state index in [-0.39, 0.29) is 23.4 Å². The minimum Gasteiger partial charge on any atom is -0.443 e. The monoisotopic (exact) mass is 551 g/mol. The van der Waals surface area contributed by atoms with Gasteiger partial charge in [-0.2, -0.15) is 5.10 Å². The molecule has 4 saturated carbocycles. The van der Waals surface area contributed by atoms with Crippen LogP contribution in [0.3, 0.4) is 0 Å². The van der Waals surface area contributed by atoms with Crippen molar-refractivity contribution >= 4 is 29.2 Å². The fourth-order valence-electron chi connectivity index (χ4n) is 6.77. The maximum atomic E-state index is 15.1. The van der Waals surface area contributed by atoms with Crippen LogP contribution in [0, 0.1) is 5.92 Å². The Morgan fingerprint density at radius 3 is 2.65 bits per heavy atom. The van der Waals surface area contributed by atoms with Crippen LogP contribution in [0.2, 0.25) is 0 Å². The number of piperazine rings is 1. The van der Waals surface area contributed by atoms with Crippen LogP contribution in [0.5, 0.6) is 0 Å². The van der Waals surface area contributed by atoms with Crippen LogP contribution in [-0.2, 0) is 10.3 Å². The van der Waals surface area contributed by atoms with Gasteiger partial charge in [-0.25, -0.2) is 23.8 Å². The number of alkyl halides is 1. The number of amides is 1. The number of anilines is 3. The van der Waals surface area contributed by atoms with Gasteiger partial charge < -0.3 is 25.6 Å². The summed E-state index contributed by atoms with van der Waals surface area (Å²) >= 11 is 0. The van der Waals surface area contributed by atoms with E-state index >= 15 is 4.39 Å². The van der Waals surface area contributed by atoms with Crippen LogP contribution in [0.4, 0.5) is 26.6 Å². The number of nitrogens with one attached hydrogen (secondary N) is 3. The Bertz CT molecular complexity index is 1410. The Morgan fingerprint density at radius 1 is 1.18 bits per heavy atom. The first kappa shape index (κ1) is 25.6. The molecular formula is C28H38FN9O2. The molecule has 12 heteroatoms. The van der Waals surface area contributed by atoms with E-state index in [1.54, 1.807) is 6.20 Å². The zero-order valence-electron chi connectivity index (χ0n) is 23.4. The molecule has 0 aromatic carbocycles. The Hall–Kier alpha value is -3.41. The SMILES string of the molecule is CC(C)(C)n1nc([C@H]2C[C@@H](F)[C@@H](OC(=O)NC34CC(C3)C4)C2)cc1Nc1ncc(N2CCNCC2)c2nccn12. The van der Waals surface area contributed by atoms with Gasteiger partial charge in [-0.05, 0) is 58.8 Å². The molecule has 3 N–H and O–H groups in total. The smallest absolute Gasteiger partial charge is 0.407 e. The summed E-state index contributed by atoms with van der Waals surface area (Å²) in [6.45, 7) is 9.91. The standard InChI is InChI=1S/C28H38FN9O2/c1-27(2,3)38-23(33-25-32-16-21(24-31-6-9-37(24)25)36-7-4-30-5-8-36)12-20(35-38)18-10-19(29)22(11-18)40-26(39)34-28-13-17(14-28)15-28/h6,9,12,16-19,22,30H,4-5,7-8,10-11,13-15H2,1-3H3,(H,32,33)(H,34,39)/t17?,18-,19+,22-,28?/m0/s1. The van der Waals surface area contributed by atoms with Gasteiger partial charge in [0.1, 0.15) is 18.1 Å². The summed E-state index contributed by atoms with van der Waals surface area (Å²) in [6.07, 6.45) is 6.83. The lowest BCUT2D eigenvalue weighted by Crippen LogP contribution is -2.68. The van der Waals surface area contributed by atoms with Gasteiger partial charge in [0.15, 0.2) is 5.65 Å². The van der Waals surface area contributed by atoms with Crippen LogP contribution in [0.1, 0.15) is 64.5 Å². The van der Waals surface area contributed by atoms with Gasteiger partial charge in [0, 0.05) is 56.1 Å². The number of carbonyl (C=O) groups excluding carboxylic acids is 1. The second kappa shape index (κ2) is 9.32. The summed E-state index contributed by atoms with van der Waals surface area (Å²) in [5.74, 6) is 1.99. The van der Waals surface area contributed by atoms with E-state index in [0.29, 0.717) is 12.4 Å². The van der Waals surface area contributed by atoms with Crippen molar-refractivity contribution in [2.75, 3.05) is 36.4 Å². The van der Waals surface area contributed by atoms with Gasteiger partial charge in [-0.15, -0.1) is 0 Å². The van der Waals surface area contributed by atoms with Gasteiger partial charge >= 0.3 is 6.09 Å². The van der Waals surface area contributed by atoms with Gasteiger partial charge in [-0.1, -0.05) is 0 Å². The number of hydrogen-bond acceptors (Lipinski definition) is 8. The number of hydrogen-bond donors (Lipinski definition) is 3. The summed E-state index contributed by atoms with van der Waals surface area (Å²) in [6, 6.07) is 1.97. The first-order chi connectivity index (χ1) is 19.2. The number of ether oxygens (including phenoxy) is 1. The van der Waals surface area contributed by atoms with E-state index in [4.69, 9.17) is 14.8 Å². The molecule has 11 nitrogen and oxygen atoms in total. The van der Waals surface area contributed by atoms with Crippen LogP contribution in [-0.4, -0.2) is 74.2 Å². The third kappa shape index (κ3) is 4.46. The molecule has 1 amide bonds. The van der Waals surface area contributed by atoms with Gasteiger partial charge in [-0.3, -0.25) is 4.40 Å². The molecule has 5 aliphatic rings. The molecule has 3 atom stereocenters. The normalized spacial score (nSPS) is 29.6. The molecular weight excluding hydrogens is 513 g/mol. The van der Waals surface area contributed by atoms with E-state index in [1.807, 2.05) is 27.5 Å². The van der Waals surface area contributed by atoms with Crippen molar-refractivity contribution in [2.45, 2.75) is 82.1 Å². The van der Waals surface area contributed by atoms with E-state index in [0.717, 1.165) is 74.2 Å². The summed E-state index contributed by atoms with van der Waals surface area (Å²) in [7, 11) is 0. The van der Waals surface area contributed by atoms with Crippen LogP contribution < -0.4 is 20.9 Å². The Kier molecular flexibility index (Phi) is 5.95. The first-order valence-electron chi connectivity index (χ1n) is 14.5. The Balaban J connectivity index is 1.10. The maximum Gasteiger partial charge on any atom is 0.407 e. The van der Waals surface area contributed by atoms with Crippen LogP contribution >= 0.6 is 0 Å². The highest BCUT2D eigenvalue weighted by Gasteiger charge is 2.58. The fraction of sp³-hybridized carbons (Fsp3) is 0.643. The average Bonchev–Trinajstić information content (AvgIpc) is 3.60. The van der Waals surface area contributed by atoms with E-state index in [1.165, 1.54) is 0 Å². The minimum atomic E-state index is -1.22. The lowest BCUT2D eigenvalue weighted by molar-refractivity contribution is -0.0530. The fourth-order valence-corrected chi connectivity index (χ4v) is 6.77. The van der Waals surface area contributed by atoms with Gasteiger partial charge in [0.2, 0.25) is 5.95 Å². The molecule has 0 unspecified atom stereocenters. The second-order valence-corrected chi connectivity index (χ2v) is 13.0. The molecule has 5 fully saturated rings. The van der Waals surface area contributed by atoms with E-state index in [9.17, 15) is 4.79 Å². The zero-order valence-corrected chi connectivity index (χ0v) is 23.4. The quantitative estimate of drug-likeness (QED) is 0.425. The van der Waals surface area contributed by atoms with E-state index < -0.39 is 18.4 Å². The molecule has 3 aromatic rings. The average molecular weight is 552 g/mol. The van der Waals surface area contributed by atoms with E-state index in [2.05, 4.69) is 46.6 Å². The zero-order chi connectivity index (χ0) is 27.6. The number of alkyl carbamates (subject to hydrolysis) is 1. The van der Waals surface area contributed by atoms with Crippen molar-refractivity contribution in [2.24, 2.45) is 5.92 Å². The largest absolute Gasteiger partial charge is 0.443 e. The van der Waals surface area contributed by atoms with Gasteiger partial charge in [0.05, 0.1) is 23.1 Å². The number of fused-ring (bicyclic) bond motifs is 1. The molecule has 0 spiro atoms. The summed E-state index contributed by atoms with van der Waals surface area (Å²) < 4.78 is 24.5. The highest BCUT2D eigenvalue weighted by molar-refractivity contribution is 5.71. The third-order valence-electron chi connectivity index (χ3n) is 8.98. The van der Waals surface area contributed by atoms with Crippen molar-refractivity contribution < 1.29 is 13.9 Å². The number of carbonyl (C=O) groups is 1. The highest BCUT2D eigenvalue weighted by atomic mass is 19.1. The van der Waals surface area contributed by atoms with Crippen molar-refractivity contribution in [3.63, 3.8) is 0 Å². The summed E-state index contributed by atoms with van der Waals surface area (Å²) in [4.78, 5) is 24.2. The molecule has 40 heavy (non-hydrogen) atoms. The Morgan fingerprint density at radius 2 is 1.95 bits per heavy atom. The minimum absolute atomic E-state index is 0.0878. The predicted octanol–water partition coefficient (Wildman–Crippen LogP) is 3.70. The molecule has 2 bridgehead atoms. The third-order valence-corrected chi connectivity index (χ3v) is 8.98. The second-order valence-electron chi connectivity index (χ2n) is 13.0. The molecule has 8 rings (SSSR count). The summed E-state index contributed by atoms with van der Waals surface area (Å²) in [5.41, 5.74) is 2.21. The number of nitrogens with zero attached hydrogens (tertiary/aromatic N) is 6. The van der Waals surface area contributed by atoms with Crippen LogP contribution in [0.15, 0.2) is 24.7 Å². The van der Waals surface area contributed by atoms with Crippen molar-refractivity contribution in [3.05, 3.63) is 30.4 Å². The lowest BCUT2D eigenvalue weighted by atomic mass is 9.50. The molecule has 1 aliphatic heterocycles. The number of halogens is 1. The molecule has 0 radical (unpaired) electrons. The maximum absolute atomic E-state index is 15.1. The molecule has 1 saturated heterocycles. The number of imidazole rings is 1. The highest BCUT2D eigenvalue weighted by Crippen LogP contribution is 2.57. The molecule has 4 heterocycles. The number of aromatic nitrogens is 5. The Labute approximate surface area is 232 Å². The predicted molar refractivity (Wildman–Crippen MR) is 149 cm³/mol. The van der Waals surface area contributed by atoms with Crippen LogP contribution in [0.25, 0.3) is 5.65 Å². The van der Waals surface area contributed by atoms with Crippen molar-refractivity contribution in [1.29, 1.82) is 0 Å². The first-order valence-corrected chi connectivity index (χ1v) is 14.5. The van der Waals surface area contributed by atoms with Gasteiger partial charge in [0.25, 0.3) is 0 Å². The summed E-state index contributed by atoms with van der Waals surface area (Å²) in [5, 5.41) is 14.8. The van der Waals surface area contributed by atoms with Crippen molar-refractivity contribution in [3.8, 4) is 0 Å². The topological polar surface area (TPSA) is 114 Å². The molecule has 4 aliphatic carbocycles. The van der Waals surface area contributed by atoms with Crippen molar-refractivity contribution in [1.82, 2.24) is 34.8 Å². The molecule has 3 aromatic heterocycles. The number of rotatable bonds is 6.